The Bertz CT molecular complexity index is 1050. The van der Waals surface area contributed by atoms with Crippen molar-refractivity contribution in [2.24, 2.45) is 0 Å². The minimum absolute atomic E-state index is 0.0733. The van der Waals surface area contributed by atoms with Crippen molar-refractivity contribution < 1.29 is 9.53 Å². The molecule has 5 nitrogen and oxygen atoms in total. The Hall–Kier alpha value is -2.31. The van der Waals surface area contributed by atoms with Crippen LogP contribution in [0.3, 0.4) is 0 Å². The lowest BCUT2D eigenvalue weighted by molar-refractivity contribution is 0.0727. The summed E-state index contributed by atoms with van der Waals surface area (Å²) in [5, 5.41) is 0.665. The molecular formula is C22H21BrClN3O2. The van der Waals surface area contributed by atoms with Crippen LogP contribution in [-0.2, 0) is 6.54 Å². The lowest BCUT2D eigenvalue weighted by Crippen LogP contribution is -2.30. The Morgan fingerprint density at radius 3 is 2.38 bits per heavy atom. The molecule has 1 aliphatic heterocycles. The standard InChI is InChI=1S/C22H21BrClN3O2/c1-13(2)27-20-18(25-22(27)23)21(28)26(12-14-4-10-17(29-3)11-5-14)19(20)15-6-8-16(24)9-7-15/h4-11,13,19H,12H2,1-3H3. The van der Waals surface area contributed by atoms with Crippen LogP contribution < -0.4 is 4.74 Å². The number of nitrogens with zero attached hydrogens (tertiary/aromatic N) is 3. The van der Waals surface area contributed by atoms with Crippen LogP contribution >= 0.6 is 27.5 Å². The SMILES string of the molecule is COc1ccc(CN2C(=O)c3nc(Br)n(C(C)C)c3C2c2ccc(Cl)cc2)cc1. The predicted octanol–water partition coefficient (Wildman–Crippen LogP) is 5.63. The third kappa shape index (κ3) is 3.55. The zero-order valence-corrected chi connectivity index (χ0v) is 18.7. The minimum Gasteiger partial charge on any atom is -0.497 e. The summed E-state index contributed by atoms with van der Waals surface area (Å²) in [6, 6.07) is 15.4. The molecule has 0 aliphatic carbocycles. The van der Waals surface area contributed by atoms with Crippen molar-refractivity contribution in [2.45, 2.75) is 32.5 Å². The van der Waals surface area contributed by atoms with E-state index in [-0.39, 0.29) is 18.0 Å². The highest BCUT2D eigenvalue weighted by Gasteiger charge is 2.43. The van der Waals surface area contributed by atoms with Gasteiger partial charge in [-0.25, -0.2) is 4.98 Å². The topological polar surface area (TPSA) is 47.4 Å². The lowest BCUT2D eigenvalue weighted by atomic mass is 10.0. The molecular weight excluding hydrogens is 454 g/mol. The third-order valence-electron chi connectivity index (χ3n) is 5.15. The predicted molar refractivity (Wildman–Crippen MR) is 116 cm³/mol. The molecule has 0 bridgehead atoms. The molecule has 0 N–H and O–H groups in total. The Morgan fingerprint density at radius 1 is 1.14 bits per heavy atom. The molecule has 0 saturated heterocycles. The Kier molecular flexibility index (Phi) is 5.40. The van der Waals surface area contributed by atoms with Gasteiger partial charge >= 0.3 is 0 Å². The van der Waals surface area contributed by atoms with Crippen molar-refractivity contribution >= 4 is 33.4 Å². The number of hydrogen-bond acceptors (Lipinski definition) is 3. The van der Waals surface area contributed by atoms with Gasteiger partial charge in [0.2, 0.25) is 0 Å². The number of ether oxygens (including phenoxy) is 1. The van der Waals surface area contributed by atoms with Gasteiger partial charge in [-0.2, -0.15) is 0 Å². The first-order chi connectivity index (χ1) is 13.9. The Balaban J connectivity index is 1.80. The normalized spacial score (nSPS) is 15.9. The van der Waals surface area contributed by atoms with Gasteiger partial charge in [0.15, 0.2) is 10.4 Å². The molecule has 2 aromatic carbocycles. The van der Waals surface area contributed by atoms with Crippen molar-refractivity contribution in [3.63, 3.8) is 0 Å². The number of benzene rings is 2. The highest BCUT2D eigenvalue weighted by Crippen LogP contribution is 2.42. The fraction of sp³-hybridized carbons (Fsp3) is 0.273. The molecule has 29 heavy (non-hydrogen) atoms. The molecule has 1 aromatic heterocycles. The summed E-state index contributed by atoms with van der Waals surface area (Å²) >= 11 is 9.64. The molecule has 3 aromatic rings. The number of halogens is 2. The van der Waals surface area contributed by atoms with E-state index in [1.807, 2.05) is 53.4 Å². The maximum atomic E-state index is 13.3. The average Bonchev–Trinajstić information content (AvgIpc) is 3.17. The number of hydrogen-bond donors (Lipinski definition) is 0. The number of methoxy groups -OCH3 is 1. The van der Waals surface area contributed by atoms with Crippen LogP contribution in [0, 0.1) is 0 Å². The molecule has 1 amide bonds. The van der Waals surface area contributed by atoms with Crippen molar-refractivity contribution in [1.82, 2.24) is 14.5 Å². The molecule has 4 rings (SSSR count). The first-order valence-electron chi connectivity index (χ1n) is 9.37. The summed E-state index contributed by atoms with van der Waals surface area (Å²) in [5.74, 6) is 0.715. The summed E-state index contributed by atoms with van der Waals surface area (Å²) in [5.41, 5.74) is 3.44. The Morgan fingerprint density at radius 2 is 1.79 bits per heavy atom. The fourth-order valence-corrected chi connectivity index (χ4v) is 4.71. The van der Waals surface area contributed by atoms with E-state index >= 15 is 0 Å². The summed E-state index contributed by atoms with van der Waals surface area (Å²) in [4.78, 5) is 19.8. The van der Waals surface area contributed by atoms with Crippen LogP contribution in [0.1, 0.15) is 53.2 Å². The van der Waals surface area contributed by atoms with Gasteiger partial charge in [-0.15, -0.1) is 0 Å². The van der Waals surface area contributed by atoms with Crippen LogP contribution in [0.15, 0.2) is 53.3 Å². The molecule has 7 heteroatoms. The lowest BCUT2D eigenvalue weighted by Gasteiger charge is -2.28. The Labute approximate surface area is 183 Å². The molecule has 2 heterocycles. The van der Waals surface area contributed by atoms with Gasteiger partial charge in [-0.1, -0.05) is 35.9 Å². The summed E-state index contributed by atoms with van der Waals surface area (Å²) in [6.07, 6.45) is 0. The van der Waals surface area contributed by atoms with Crippen molar-refractivity contribution in [3.05, 3.63) is 80.8 Å². The zero-order valence-electron chi connectivity index (χ0n) is 16.4. The van der Waals surface area contributed by atoms with E-state index in [1.54, 1.807) is 7.11 Å². The van der Waals surface area contributed by atoms with Crippen LogP contribution in [0.25, 0.3) is 0 Å². The molecule has 0 radical (unpaired) electrons. The first kappa shape index (κ1) is 20.0. The summed E-state index contributed by atoms with van der Waals surface area (Å²) in [6.45, 7) is 4.65. The largest absolute Gasteiger partial charge is 0.497 e. The third-order valence-corrected chi connectivity index (χ3v) is 5.96. The van der Waals surface area contributed by atoms with E-state index in [9.17, 15) is 4.79 Å². The fourth-order valence-electron chi connectivity index (χ4n) is 3.80. The van der Waals surface area contributed by atoms with Crippen molar-refractivity contribution in [2.75, 3.05) is 7.11 Å². The van der Waals surface area contributed by atoms with Crippen LogP contribution in [-0.4, -0.2) is 27.5 Å². The number of amides is 1. The molecule has 1 unspecified atom stereocenters. The average molecular weight is 475 g/mol. The molecule has 1 atom stereocenters. The number of fused-ring (bicyclic) bond motifs is 1. The van der Waals surface area contributed by atoms with Gasteiger partial charge in [0.05, 0.1) is 12.8 Å². The van der Waals surface area contributed by atoms with Gasteiger partial charge in [-0.05, 0) is 65.2 Å². The highest BCUT2D eigenvalue weighted by atomic mass is 79.9. The quantitative estimate of drug-likeness (QED) is 0.481. The smallest absolute Gasteiger partial charge is 0.275 e. The summed E-state index contributed by atoms with van der Waals surface area (Å²) < 4.78 is 8.00. The van der Waals surface area contributed by atoms with E-state index in [0.29, 0.717) is 22.0 Å². The molecule has 1 aliphatic rings. The maximum absolute atomic E-state index is 13.3. The summed E-state index contributed by atoms with van der Waals surface area (Å²) in [7, 11) is 1.64. The second-order valence-electron chi connectivity index (χ2n) is 7.31. The molecule has 0 spiro atoms. The van der Waals surface area contributed by atoms with E-state index < -0.39 is 0 Å². The second-order valence-corrected chi connectivity index (χ2v) is 8.46. The number of carbonyl (C=O) groups is 1. The van der Waals surface area contributed by atoms with Crippen molar-refractivity contribution in [1.29, 1.82) is 0 Å². The van der Waals surface area contributed by atoms with Gasteiger partial charge in [0.1, 0.15) is 11.8 Å². The molecule has 0 saturated carbocycles. The molecule has 0 fully saturated rings. The maximum Gasteiger partial charge on any atom is 0.275 e. The van der Waals surface area contributed by atoms with Gasteiger partial charge < -0.3 is 14.2 Å². The zero-order chi connectivity index (χ0) is 20.7. The number of rotatable bonds is 5. The van der Waals surface area contributed by atoms with Crippen molar-refractivity contribution in [3.8, 4) is 5.75 Å². The first-order valence-corrected chi connectivity index (χ1v) is 10.5. The second kappa shape index (κ2) is 7.84. The highest BCUT2D eigenvalue weighted by molar-refractivity contribution is 9.10. The van der Waals surface area contributed by atoms with E-state index in [1.165, 1.54) is 0 Å². The van der Waals surface area contributed by atoms with E-state index in [0.717, 1.165) is 22.6 Å². The van der Waals surface area contributed by atoms with E-state index in [4.69, 9.17) is 16.3 Å². The van der Waals surface area contributed by atoms with Crippen LogP contribution in [0.2, 0.25) is 5.02 Å². The van der Waals surface area contributed by atoms with Crippen LogP contribution in [0.5, 0.6) is 5.75 Å². The van der Waals surface area contributed by atoms with E-state index in [2.05, 4.69) is 39.3 Å². The van der Waals surface area contributed by atoms with Gasteiger partial charge in [0.25, 0.3) is 5.91 Å². The van der Waals surface area contributed by atoms with Crippen LogP contribution in [0.4, 0.5) is 0 Å². The van der Waals surface area contributed by atoms with Gasteiger partial charge in [-0.3, -0.25) is 4.79 Å². The minimum atomic E-state index is -0.238. The van der Waals surface area contributed by atoms with Gasteiger partial charge in [0, 0.05) is 17.6 Å². The number of carbonyl (C=O) groups excluding carboxylic acids is 1. The number of imidazole rings is 1. The monoisotopic (exact) mass is 473 g/mol. The number of aromatic nitrogens is 2. The molecule has 150 valence electrons.